The second-order valence-electron chi connectivity index (χ2n) is 5.65. The van der Waals surface area contributed by atoms with E-state index in [-0.39, 0.29) is 12.0 Å². The highest BCUT2D eigenvalue weighted by Crippen LogP contribution is 2.20. The third-order valence-electron chi connectivity index (χ3n) is 4.07. The number of piperidine rings is 1. The highest BCUT2D eigenvalue weighted by atomic mass is 16.5. The van der Waals surface area contributed by atoms with Crippen molar-refractivity contribution in [2.45, 2.75) is 52.6 Å². The van der Waals surface area contributed by atoms with Crippen molar-refractivity contribution >= 4 is 5.91 Å². The van der Waals surface area contributed by atoms with Crippen LogP contribution in [0.3, 0.4) is 0 Å². The first-order chi connectivity index (χ1) is 9.61. The topological polar surface area (TPSA) is 29.5 Å². The number of hydrogen-bond donors (Lipinski definition) is 0. The average molecular weight is 275 g/mol. The van der Waals surface area contributed by atoms with Crippen LogP contribution in [0.15, 0.2) is 18.2 Å². The maximum absolute atomic E-state index is 12.5. The van der Waals surface area contributed by atoms with Gasteiger partial charge in [-0.2, -0.15) is 0 Å². The molecule has 1 saturated heterocycles. The van der Waals surface area contributed by atoms with E-state index in [2.05, 4.69) is 13.8 Å². The van der Waals surface area contributed by atoms with Gasteiger partial charge in [0.15, 0.2) is 6.10 Å². The Kier molecular flexibility index (Phi) is 5.05. The Morgan fingerprint density at radius 2 is 1.90 bits per heavy atom. The van der Waals surface area contributed by atoms with E-state index in [0.717, 1.165) is 31.7 Å². The summed E-state index contributed by atoms with van der Waals surface area (Å²) in [5.41, 5.74) is 2.44. The number of amides is 1. The van der Waals surface area contributed by atoms with Gasteiger partial charge in [-0.1, -0.05) is 13.0 Å². The molecule has 0 N–H and O–H groups in total. The third-order valence-corrected chi connectivity index (χ3v) is 4.07. The molecule has 0 aliphatic carbocycles. The molecule has 1 aliphatic rings. The summed E-state index contributed by atoms with van der Waals surface area (Å²) in [5.74, 6) is 0.940. The molecule has 1 atom stereocenters. The fourth-order valence-electron chi connectivity index (χ4n) is 2.58. The number of rotatable bonds is 4. The van der Waals surface area contributed by atoms with Gasteiger partial charge in [0.05, 0.1) is 0 Å². The number of nitrogens with zero attached hydrogens (tertiary/aromatic N) is 1. The molecule has 0 radical (unpaired) electrons. The number of hydrogen-bond acceptors (Lipinski definition) is 2. The van der Waals surface area contributed by atoms with Gasteiger partial charge in [0.1, 0.15) is 5.75 Å². The van der Waals surface area contributed by atoms with Gasteiger partial charge < -0.3 is 9.64 Å². The quantitative estimate of drug-likeness (QED) is 0.842. The number of likely N-dealkylation sites (tertiary alicyclic amines) is 1. The molecular weight excluding hydrogens is 250 g/mol. The predicted molar refractivity (Wildman–Crippen MR) is 81.1 cm³/mol. The molecule has 3 heteroatoms. The molecular formula is C17H25NO2. The number of aryl methyl sites for hydroxylation is 2. The van der Waals surface area contributed by atoms with E-state index in [9.17, 15) is 4.79 Å². The first-order valence-corrected chi connectivity index (χ1v) is 7.64. The molecule has 1 heterocycles. The molecule has 2 rings (SSSR count). The fraction of sp³-hybridized carbons (Fsp3) is 0.588. The summed E-state index contributed by atoms with van der Waals surface area (Å²) in [4.78, 5) is 14.4. The van der Waals surface area contributed by atoms with Gasteiger partial charge in [-0.05, 0) is 62.8 Å². The Bertz CT molecular complexity index is 464. The van der Waals surface area contributed by atoms with E-state index >= 15 is 0 Å². The fourth-order valence-corrected chi connectivity index (χ4v) is 2.58. The van der Waals surface area contributed by atoms with Crippen LogP contribution in [0.25, 0.3) is 0 Å². The lowest BCUT2D eigenvalue weighted by atomic mass is 10.1. The second kappa shape index (κ2) is 6.78. The molecule has 1 aromatic carbocycles. The molecule has 0 aromatic heterocycles. The predicted octanol–water partition coefficient (Wildman–Crippen LogP) is 3.47. The van der Waals surface area contributed by atoms with Gasteiger partial charge >= 0.3 is 0 Å². The number of benzene rings is 1. The van der Waals surface area contributed by atoms with Crippen LogP contribution in [0.1, 0.15) is 43.7 Å². The van der Waals surface area contributed by atoms with Crippen LogP contribution in [-0.4, -0.2) is 30.0 Å². The van der Waals surface area contributed by atoms with E-state index in [1.165, 1.54) is 17.5 Å². The van der Waals surface area contributed by atoms with E-state index < -0.39 is 0 Å². The lowest BCUT2D eigenvalue weighted by Gasteiger charge is -2.30. The van der Waals surface area contributed by atoms with Crippen LogP contribution in [0.4, 0.5) is 0 Å². The first kappa shape index (κ1) is 14.9. The molecule has 110 valence electrons. The van der Waals surface area contributed by atoms with Crippen molar-refractivity contribution in [1.82, 2.24) is 4.90 Å². The van der Waals surface area contributed by atoms with Gasteiger partial charge in [0.25, 0.3) is 5.91 Å². The van der Waals surface area contributed by atoms with Crippen LogP contribution >= 0.6 is 0 Å². The van der Waals surface area contributed by atoms with Crippen molar-refractivity contribution < 1.29 is 9.53 Å². The highest BCUT2D eigenvalue weighted by molar-refractivity contribution is 5.81. The van der Waals surface area contributed by atoms with Gasteiger partial charge in [0.2, 0.25) is 0 Å². The van der Waals surface area contributed by atoms with Crippen LogP contribution in [0, 0.1) is 13.8 Å². The van der Waals surface area contributed by atoms with Crippen molar-refractivity contribution in [2.24, 2.45) is 0 Å². The van der Waals surface area contributed by atoms with Crippen LogP contribution < -0.4 is 4.74 Å². The van der Waals surface area contributed by atoms with Gasteiger partial charge in [-0.3, -0.25) is 4.79 Å². The van der Waals surface area contributed by atoms with Gasteiger partial charge in [-0.15, -0.1) is 0 Å². The Morgan fingerprint density at radius 3 is 2.50 bits per heavy atom. The Hall–Kier alpha value is -1.51. The molecule has 1 aromatic rings. The SMILES string of the molecule is CC[C@@H](Oc1ccc(C)c(C)c1)C(=O)N1CCCCC1. The molecule has 0 unspecified atom stereocenters. The summed E-state index contributed by atoms with van der Waals surface area (Å²) < 4.78 is 5.92. The van der Waals surface area contributed by atoms with E-state index in [1.54, 1.807) is 0 Å². The van der Waals surface area contributed by atoms with Crippen molar-refractivity contribution in [1.29, 1.82) is 0 Å². The summed E-state index contributed by atoms with van der Waals surface area (Å²) in [6.07, 6.45) is 3.83. The standard InChI is InChI=1S/C17H25NO2/c1-4-16(17(19)18-10-6-5-7-11-18)20-15-9-8-13(2)14(3)12-15/h8-9,12,16H,4-7,10-11H2,1-3H3/t16-/m1/s1. The maximum atomic E-state index is 12.5. The zero-order valence-electron chi connectivity index (χ0n) is 12.8. The van der Waals surface area contributed by atoms with Crippen LogP contribution in [-0.2, 0) is 4.79 Å². The van der Waals surface area contributed by atoms with Gasteiger partial charge in [0, 0.05) is 13.1 Å². The third kappa shape index (κ3) is 3.53. The molecule has 1 aliphatic heterocycles. The van der Waals surface area contributed by atoms with E-state index in [1.807, 2.05) is 30.0 Å². The smallest absolute Gasteiger partial charge is 0.263 e. The Balaban J connectivity index is 2.03. The Labute approximate surface area is 121 Å². The average Bonchev–Trinajstić information content (AvgIpc) is 2.48. The summed E-state index contributed by atoms with van der Waals surface area (Å²) in [5, 5.41) is 0. The van der Waals surface area contributed by atoms with Crippen molar-refractivity contribution in [3.05, 3.63) is 29.3 Å². The maximum Gasteiger partial charge on any atom is 0.263 e. The number of ether oxygens (including phenoxy) is 1. The molecule has 3 nitrogen and oxygen atoms in total. The van der Waals surface area contributed by atoms with E-state index in [4.69, 9.17) is 4.74 Å². The minimum atomic E-state index is -0.352. The number of carbonyl (C=O) groups is 1. The minimum absolute atomic E-state index is 0.144. The van der Waals surface area contributed by atoms with Crippen molar-refractivity contribution in [3.8, 4) is 5.75 Å². The van der Waals surface area contributed by atoms with Crippen LogP contribution in [0.5, 0.6) is 5.75 Å². The van der Waals surface area contributed by atoms with Crippen LogP contribution in [0.2, 0.25) is 0 Å². The molecule has 0 spiro atoms. The summed E-state index contributed by atoms with van der Waals surface area (Å²) >= 11 is 0. The summed E-state index contributed by atoms with van der Waals surface area (Å²) in [6, 6.07) is 6.01. The molecule has 0 bridgehead atoms. The monoisotopic (exact) mass is 275 g/mol. The van der Waals surface area contributed by atoms with Gasteiger partial charge in [-0.25, -0.2) is 0 Å². The van der Waals surface area contributed by atoms with Crippen molar-refractivity contribution in [3.63, 3.8) is 0 Å². The summed E-state index contributed by atoms with van der Waals surface area (Å²) in [6.45, 7) is 7.91. The summed E-state index contributed by atoms with van der Waals surface area (Å²) in [7, 11) is 0. The normalized spacial score (nSPS) is 16.9. The first-order valence-electron chi connectivity index (χ1n) is 7.64. The number of carbonyl (C=O) groups excluding carboxylic acids is 1. The molecule has 20 heavy (non-hydrogen) atoms. The van der Waals surface area contributed by atoms with E-state index in [0.29, 0.717) is 6.42 Å². The largest absolute Gasteiger partial charge is 0.481 e. The molecule has 0 saturated carbocycles. The minimum Gasteiger partial charge on any atom is -0.481 e. The second-order valence-corrected chi connectivity index (χ2v) is 5.65. The van der Waals surface area contributed by atoms with Crippen molar-refractivity contribution in [2.75, 3.05) is 13.1 Å². The molecule has 1 amide bonds. The zero-order valence-corrected chi connectivity index (χ0v) is 12.8. The Morgan fingerprint density at radius 1 is 1.20 bits per heavy atom. The lowest BCUT2D eigenvalue weighted by molar-refractivity contribution is -0.139. The molecule has 1 fully saturated rings. The lowest BCUT2D eigenvalue weighted by Crippen LogP contribution is -2.44. The zero-order chi connectivity index (χ0) is 14.5. The highest BCUT2D eigenvalue weighted by Gasteiger charge is 2.25.